The molecule has 7 heteroatoms. The predicted molar refractivity (Wildman–Crippen MR) is 94.5 cm³/mol. The van der Waals surface area contributed by atoms with Gasteiger partial charge in [0.05, 0.1) is 10.5 Å². The highest BCUT2D eigenvalue weighted by Crippen LogP contribution is 2.25. The average Bonchev–Trinajstić information content (AvgIpc) is 2.48. The zero-order valence-electron chi connectivity index (χ0n) is 12.0. The van der Waals surface area contributed by atoms with Crippen LogP contribution in [0.2, 0.25) is 0 Å². The lowest BCUT2D eigenvalue weighted by atomic mass is 10.1. The summed E-state index contributed by atoms with van der Waals surface area (Å²) < 4.78 is 1.06. The second-order valence-corrected chi connectivity index (χ2v) is 6.06. The van der Waals surface area contributed by atoms with Crippen LogP contribution >= 0.6 is 22.6 Å². The molecular formula is C15H14IN3O3. The van der Waals surface area contributed by atoms with Gasteiger partial charge in [-0.1, -0.05) is 0 Å². The Hall–Kier alpha value is -2.16. The van der Waals surface area contributed by atoms with Gasteiger partial charge in [-0.3, -0.25) is 14.9 Å². The molecule has 0 radical (unpaired) electrons. The molecule has 6 nitrogen and oxygen atoms in total. The van der Waals surface area contributed by atoms with Gasteiger partial charge in [-0.05, 0) is 52.9 Å². The maximum absolute atomic E-state index is 12.4. The molecule has 0 bridgehead atoms. The molecule has 0 unspecified atom stereocenters. The van der Waals surface area contributed by atoms with Crippen molar-refractivity contribution in [1.29, 1.82) is 0 Å². The molecule has 2 aromatic rings. The molecule has 0 spiro atoms. The number of rotatable bonds is 4. The lowest BCUT2D eigenvalue weighted by molar-refractivity contribution is -0.384. The quantitative estimate of drug-likeness (QED) is 0.475. The van der Waals surface area contributed by atoms with E-state index in [-0.39, 0.29) is 17.2 Å². The molecule has 22 heavy (non-hydrogen) atoms. The van der Waals surface area contributed by atoms with E-state index < -0.39 is 4.92 Å². The first-order chi connectivity index (χ1) is 10.4. The number of nitrogens with one attached hydrogen (secondary N) is 1. The van der Waals surface area contributed by atoms with Gasteiger partial charge in [-0.25, -0.2) is 0 Å². The van der Waals surface area contributed by atoms with Gasteiger partial charge in [-0.2, -0.15) is 0 Å². The van der Waals surface area contributed by atoms with Crippen molar-refractivity contribution in [3.63, 3.8) is 0 Å². The van der Waals surface area contributed by atoms with Gasteiger partial charge in [0.1, 0.15) is 0 Å². The molecule has 2 rings (SSSR count). The van der Waals surface area contributed by atoms with E-state index in [2.05, 4.69) is 27.9 Å². The van der Waals surface area contributed by atoms with E-state index in [4.69, 9.17) is 0 Å². The fourth-order valence-electron chi connectivity index (χ4n) is 1.94. The molecule has 1 N–H and O–H groups in total. The summed E-state index contributed by atoms with van der Waals surface area (Å²) in [6.07, 6.45) is 0. The molecule has 0 saturated heterocycles. The molecule has 0 saturated carbocycles. The Labute approximate surface area is 141 Å². The number of nitro groups is 1. The summed E-state index contributed by atoms with van der Waals surface area (Å²) in [5.41, 5.74) is 1.41. The minimum absolute atomic E-state index is 0.113. The summed E-state index contributed by atoms with van der Waals surface area (Å²) in [4.78, 5) is 24.6. The fraction of sp³-hybridized carbons (Fsp3) is 0.133. The number of hydrogen-bond donors (Lipinski definition) is 1. The summed E-state index contributed by atoms with van der Waals surface area (Å²) in [7, 11) is 3.56. The lowest BCUT2D eigenvalue weighted by Crippen LogP contribution is -2.18. The second kappa shape index (κ2) is 6.73. The predicted octanol–water partition coefficient (Wildman–Crippen LogP) is 3.52. The third-order valence-electron chi connectivity index (χ3n) is 3.02. The van der Waals surface area contributed by atoms with Gasteiger partial charge < -0.3 is 10.2 Å². The highest BCUT2D eigenvalue weighted by Gasteiger charge is 2.18. The molecular weight excluding hydrogens is 397 g/mol. The number of amides is 1. The second-order valence-electron chi connectivity index (χ2n) is 4.81. The standard InChI is InChI=1S/C15H14IN3O3/c1-18(2)14-8-7-12(19(21)22)9-13(14)15(20)17-11-5-3-10(16)4-6-11/h3-9H,1-2H3,(H,17,20). The van der Waals surface area contributed by atoms with Gasteiger partial charge in [0.15, 0.2) is 0 Å². The molecule has 0 aromatic heterocycles. The maximum atomic E-state index is 12.4. The monoisotopic (exact) mass is 411 g/mol. The Morgan fingerprint density at radius 3 is 2.36 bits per heavy atom. The largest absolute Gasteiger partial charge is 0.377 e. The number of hydrogen-bond acceptors (Lipinski definition) is 4. The van der Waals surface area contributed by atoms with E-state index in [0.717, 1.165) is 3.57 Å². The third-order valence-corrected chi connectivity index (χ3v) is 3.74. The molecule has 0 heterocycles. The van der Waals surface area contributed by atoms with Crippen LogP contribution in [0.25, 0.3) is 0 Å². The number of carbonyl (C=O) groups excluding carboxylic acids is 1. The first-order valence-corrected chi connectivity index (χ1v) is 7.49. The third kappa shape index (κ3) is 3.73. The summed E-state index contributed by atoms with van der Waals surface area (Å²) in [6, 6.07) is 11.6. The average molecular weight is 411 g/mol. The van der Waals surface area contributed by atoms with E-state index in [1.807, 2.05) is 12.1 Å². The van der Waals surface area contributed by atoms with Crippen molar-refractivity contribution in [3.05, 3.63) is 61.7 Å². The van der Waals surface area contributed by atoms with Crippen LogP contribution in [0.1, 0.15) is 10.4 Å². The van der Waals surface area contributed by atoms with Gasteiger partial charge in [0.2, 0.25) is 0 Å². The van der Waals surface area contributed by atoms with Gasteiger partial charge in [0, 0.05) is 41.2 Å². The topological polar surface area (TPSA) is 75.5 Å². The zero-order chi connectivity index (χ0) is 16.3. The fourth-order valence-corrected chi connectivity index (χ4v) is 2.30. The number of carbonyl (C=O) groups is 1. The van der Waals surface area contributed by atoms with E-state index in [9.17, 15) is 14.9 Å². The normalized spacial score (nSPS) is 10.1. The van der Waals surface area contributed by atoms with E-state index in [1.165, 1.54) is 12.1 Å². The zero-order valence-corrected chi connectivity index (χ0v) is 14.2. The summed E-state index contributed by atoms with van der Waals surface area (Å²) in [6.45, 7) is 0. The van der Waals surface area contributed by atoms with Crippen molar-refractivity contribution in [2.45, 2.75) is 0 Å². The van der Waals surface area contributed by atoms with Crippen molar-refractivity contribution in [2.75, 3.05) is 24.3 Å². The van der Waals surface area contributed by atoms with Crippen molar-refractivity contribution >= 4 is 45.6 Å². The molecule has 0 fully saturated rings. The van der Waals surface area contributed by atoms with E-state index in [1.54, 1.807) is 37.2 Å². The van der Waals surface area contributed by atoms with Crippen LogP contribution in [0.15, 0.2) is 42.5 Å². The molecule has 0 aliphatic carbocycles. The molecule has 0 aliphatic heterocycles. The van der Waals surface area contributed by atoms with Gasteiger partial charge >= 0.3 is 0 Å². The first kappa shape index (κ1) is 16.2. The Bertz CT molecular complexity index is 714. The number of benzene rings is 2. The minimum atomic E-state index is -0.513. The van der Waals surface area contributed by atoms with Gasteiger partial charge in [-0.15, -0.1) is 0 Å². The molecule has 0 atom stereocenters. The summed E-state index contributed by atoms with van der Waals surface area (Å²) in [5, 5.41) is 13.7. The van der Waals surface area contributed by atoms with Crippen LogP contribution in [0.4, 0.5) is 17.1 Å². The number of anilines is 2. The van der Waals surface area contributed by atoms with E-state index in [0.29, 0.717) is 11.4 Å². The smallest absolute Gasteiger partial charge is 0.270 e. The highest BCUT2D eigenvalue weighted by molar-refractivity contribution is 14.1. The SMILES string of the molecule is CN(C)c1ccc([N+](=O)[O-])cc1C(=O)Nc1ccc(I)cc1. The Morgan fingerprint density at radius 2 is 1.82 bits per heavy atom. The summed E-state index contributed by atoms with van der Waals surface area (Å²) in [5.74, 6) is -0.381. The molecule has 114 valence electrons. The minimum Gasteiger partial charge on any atom is -0.377 e. The van der Waals surface area contributed by atoms with Gasteiger partial charge in [0.25, 0.3) is 11.6 Å². The Kier molecular flexibility index (Phi) is 4.96. The van der Waals surface area contributed by atoms with Crippen molar-refractivity contribution in [1.82, 2.24) is 0 Å². The van der Waals surface area contributed by atoms with Crippen LogP contribution in [-0.2, 0) is 0 Å². The van der Waals surface area contributed by atoms with Crippen LogP contribution < -0.4 is 10.2 Å². The van der Waals surface area contributed by atoms with E-state index >= 15 is 0 Å². The molecule has 2 aromatic carbocycles. The van der Waals surface area contributed by atoms with Crippen molar-refractivity contribution < 1.29 is 9.72 Å². The van der Waals surface area contributed by atoms with Crippen LogP contribution in [0, 0.1) is 13.7 Å². The Morgan fingerprint density at radius 1 is 1.18 bits per heavy atom. The number of non-ortho nitro benzene ring substituents is 1. The van der Waals surface area contributed by atoms with Crippen molar-refractivity contribution in [2.24, 2.45) is 0 Å². The van der Waals surface area contributed by atoms with Crippen LogP contribution in [0.5, 0.6) is 0 Å². The lowest BCUT2D eigenvalue weighted by Gasteiger charge is -2.17. The molecule has 0 aliphatic rings. The highest BCUT2D eigenvalue weighted by atomic mass is 127. The maximum Gasteiger partial charge on any atom is 0.270 e. The Balaban J connectivity index is 2.36. The number of nitrogens with zero attached hydrogens (tertiary/aromatic N) is 2. The van der Waals surface area contributed by atoms with Crippen molar-refractivity contribution in [3.8, 4) is 0 Å². The number of nitro benzene ring substituents is 1. The number of halogens is 1. The first-order valence-electron chi connectivity index (χ1n) is 6.41. The summed E-state index contributed by atoms with van der Waals surface area (Å²) >= 11 is 2.17. The van der Waals surface area contributed by atoms with Crippen LogP contribution in [0.3, 0.4) is 0 Å². The van der Waals surface area contributed by atoms with Crippen LogP contribution in [-0.4, -0.2) is 24.9 Å². The molecule has 1 amide bonds.